The normalized spacial score (nSPS) is 25.5. The molecular weight excluding hydrogens is 509 g/mol. The number of para-hydroxylation sites is 1. The van der Waals surface area contributed by atoms with Gasteiger partial charge in [-0.05, 0) is 52.0 Å². The summed E-state index contributed by atoms with van der Waals surface area (Å²) in [6.07, 6.45) is -3.06. The molecule has 1 aliphatic rings. The first-order valence-electron chi connectivity index (χ1n) is 12.3. The lowest BCUT2D eigenvalue weighted by Gasteiger charge is -2.25. The van der Waals surface area contributed by atoms with Crippen LogP contribution >= 0.6 is 20.0 Å². The molecule has 0 amide bonds. The molecule has 1 aliphatic heterocycles. The van der Waals surface area contributed by atoms with Crippen LogP contribution in [-0.2, 0) is 23.4 Å². The first-order chi connectivity index (χ1) is 17.6. The highest BCUT2D eigenvalue weighted by atomic mass is 32.1. The van der Waals surface area contributed by atoms with Crippen molar-refractivity contribution in [2.75, 3.05) is 6.56 Å². The first-order valence-corrected chi connectivity index (χ1v) is 13.3. The van der Waals surface area contributed by atoms with Crippen molar-refractivity contribution in [3.05, 3.63) is 57.2 Å². The standard InChI is InChI=1S/C23H32N3O8PS/c1-13(2)32-22(29)16(5)25-35(30,34-17-9-7-6-8-10-17)31-12-18-19(27)15(4)21(33-18)26-11-14(3)20(28)24-23(26)36/h6-11,13,15-16,18-19,21,27H,12H2,1-5H3,(H,25,30)(H,24,28,36)/t15-,16+,18+,19?,21+,35+/m1/s1/i12D2. The Balaban J connectivity index is 1.90. The molecule has 0 aliphatic carbocycles. The lowest BCUT2D eigenvalue weighted by molar-refractivity contribution is -0.149. The number of benzene rings is 1. The topological polar surface area (TPSA) is 141 Å². The van der Waals surface area contributed by atoms with Crippen molar-refractivity contribution in [2.24, 2.45) is 5.92 Å². The van der Waals surface area contributed by atoms with E-state index in [4.69, 9.17) is 33.5 Å². The zero-order valence-electron chi connectivity index (χ0n) is 22.5. The Morgan fingerprint density at radius 2 is 2.03 bits per heavy atom. The molecule has 1 aromatic heterocycles. The van der Waals surface area contributed by atoms with E-state index in [9.17, 15) is 19.3 Å². The smallest absolute Gasteiger partial charge is 0.459 e. The summed E-state index contributed by atoms with van der Waals surface area (Å²) >= 11 is 5.22. The van der Waals surface area contributed by atoms with Crippen molar-refractivity contribution in [1.29, 1.82) is 0 Å². The summed E-state index contributed by atoms with van der Waals surface area (Å²) in [5, 5.41) is 13.3. The molecule has 0 spiro atoms. The lowest BCUT2D eigenvalue weighted by atomic mass is 10.0. The third-order valence-corrected chi connectivity index (χ3v) is 7.13. The molecule has 2 aromatic rings. The number of aliphatic hydroxyl groups is 1. The van der Waals surface area contributed by atoms with E-state index in [2.05, 4.69) is 10.1 Å². The van der Waals surface area contributed by atoms with Crippen LogP contribution < -0.4 is 15.2 Å². The van der Waals surface area contributed by atoms with Crippen molar-refractivity contribution >= 4 is 25.9 Å². The molecule has 36 heavy (non-hydrogen) atoms. The second-order valence-corrected chi connectivity index (χ2v) is 10.7. The van der Waals surface area contributed by atoms with Gasteiger partial charge in [0.25, 0.3) is 5.56 Å². The van der Waals surface area contributed by atoms with Crippen molar-refractivity contribution in [3.8, 4) is 5.75 Å². The third kappa shape index (κ3) is 6.90. The maximum Gasteiger partial charge on any atom is 0.459 e. The summed E-state index contributed by atoms with van der Waals surface area (Å²) in [5.41, 5.74) is -0.0540. The van der Waals surface area contributed by atoms with E-state index in [1.807, 2.05) is 0 Å². The summed E-state index contributed by atoms with van der Waals surface area (Å²) in [6.45, 7) is 4.94. The minimum Gasteiger partial charge on any atom is -0.462 e. The van der Waals surface area contributed by atoms with E-state index >= 15 is 0 Å². The highest BCUT2D eigenvalue weighted by molar-refractivity contribution is 7.71. The van der Waals surface area contributed by atoms with Crippen LogP contribution in [0.5, 0.6) is 5.75 Å². The van der Waals surface area contributed by atoms with Gasteiger partial charge in [0.2, 0.25) is 0 Å². The van der Waals surface area contributed by atoms with Crippen LogP contribution in [0.2, 0.25) is 0 Å². The van der Waals surface area contributed by atoms with Crippen LogP contribution in [0.15, 0.2) is 41.3 Å². The number of aliphatic hydroxyl groups excluding tert-OH is 1. The van der Waals surface area contributed by atoms with Gasteiger partial charge in [-0.2, -0.15) is 5.09 Å². The van der Waals surface area contributed by atoms with Crippen molar-refractivity contribution in [2.45, 2.75) is 65.2 Å². The number of carbonyl (C=O) groups is 1. The number of ether oxygens (including phenoxy) is 2. The Hall–Kier alpha value is -2.34. The minimum absolute atomic E-state index is 0.0176. The number of aromatic amines is 1. The molecule has 3 rings (SSSR count). The van der Waals surface area contributed by atoms with E-state index in [0.29, 0.717) is 5.56 Å². The number of H-pyrrole nitrogens is 1. The van der Waals surface area contributed by atoms with E-state index in [0.717, 1.165) is 0 Å². The van der Waals surface area contributed by atoms with E-state index in [1.165, 1.54) is 29.8 Å². The molecule has 1 fully saturated rings. The maximum atomic E-state index is 13.8. The predicted octanol–water partition coefficient (Wildman–Crippen LogP) is 3.24. The number of hydrogen-bond acceptors (Lipinski definition) is 9. The number of hydrogen-bond donors (Lipinski definition) is 3. The van der Waals surface area contributed by atoms with Gasteiger partial charge in [-0.15, -0.1) is 0 Å². The fourth-order valence-electron chi connectivity index (χ4n) is 3.43. The van der Waals surface area contributed by atoms with E-state index < -0.39 is 56.8 Å². The van der Waals surface area contributed by atoms with Gasteiger partial charge < -0.3 is 19.1 Å². The number of carbonyl (C=O) groups excluding carboxylic acids is 1. The fourth-order valence-corrected chi connectivity index (χ4v) is 5.04. The summed E-state index contributed by atoms with van der Waals surface area (Å²) in [5.74, 6) is -1.38. The zero-order valence-corrected chi connectivity index (χ0v) is 22.2. The van der Waals surface area contributed by atoms with Crippen LogP contribution in [-0.4, -0.2) is 51.5 Å². The average molecular weight is 544 g/mol. The number of esters is 1. The van der Waals surface area contributed by atoms with Crippen LogP contribution in [0.25, 0.3) is 0 Å². The third-order valence-electron chi connectivity index (χ3n) is 5.32. The Kier molecular flexibility index (Phi) is 8.30. The van der Waals surface area contributed by atoms with E-state index in [-0.39, 0.29) is 16.1 Å². The number of nitrogens with zero attached hydrogens (tertiary/aromatic N) is 1. The van der Waals surface area contributed by atoms with Crippen LogP contribution in [0.1, 0.15) is 42.2 Å². The largest absolute Gasteiger partial charge is 0.462 e. The lowest BCUT2D eigenvalue weighted by Crippen LogP contribution is -2.37. The molecule has 2 heterocycles. The molecule has 0 saturated carbocycles. The van der Waals surface area contributed by atoms with Crippen LogP contribution in [0.3, 0.4) is 0 Å². The van der Waals surface area contributed by atoms with Gasteiger partial charge in [-0.3, -0.25) is 23.7 Å². The van der Waals surface area contributed by atoms with Gasteiger partial charge in [0.05, 0.1) is 21.5 Å². The number of aromatic nitrogens is 2. The van der Waals surface area contributed by atoms with Crippen molar-refractivity contribution in [1.82, 2.24) is 14.6 Å². The van der Waals surface area contributed by atoms with Gasteiger partial charge in [0, 0.05) is 17.7 Å². The zero-order chi connectivity index (χ0) is 28.4. The molecule has 1 aromatic carbocycles. The predicted molar refractivity (Wildman–Crippen MR) is 134 cm³/mol. The molecular formula is C23H32N3O8PS. The molecule has 0 radical (unpaired) electrons. The van der Waals surface area contributed by atoms with Gasteiger partial charge in [-0.1, -0.05) is 25.1 Å². The number of aryl methyl sites for hydroxylation is 1. The fraction of sp³-hybridized carbons (Fsp3) is 0.522. The highest BCUT2D eigenvalue weighted by Gasteiger charge is 2.44. The van der Waals surface area contributed by atoms with Gasteiger partial charge in [-0.25, -0.2) is 4.57 Å². The Labute approximate surface area is 217 Å². The molecule has 13 heteroatoms. The second-order valence-electron chi connectivity index (χ2n) is 8.72. The first kappa shape index (κ1) is 25.3. The summed E-state index contributed by atoms with van der Waals surface area (Å²) in [7, 11) is -4.62. The van der Waals surface area contributed by atoms with Gasteiger partial charge >= 0.3 is 13.7 Å². The molecule has 3 N–H and O–H groups in total. The Morgan fingerprint density at radius 3 is 2.67 bits per heavy atom. The van der Waals surface area contributed by atoms with Crippen molar-refractivity contribution in [3.63, 3.8) is 0 Å². The van der Waals surface area contributed by atoms with Crippen LogP contribution in [0, 0.1) is 17.6 Å². The Morgan fingerprint density at radius 1 is 1.36 bits per heavy atom. The molecule has 1 saturated heterocycles. The highest BCUT2D eigenvalue weighted by Crippen LogP contribution is 2.46. The summed E-state index contributed by atoms with van der Waals surface area (Å²) in [4.78, 5) is 26.8. The Bertz CT molecular complexity index is 1310. The molecule has 11 nitrogen and oxygen atoms in total. The van der Waals surface area contributed by atoms with E-state index in [1.54, 1.807) is 45.9 Å². The minimum atomic E-state index is -4.62. The summed E-state index contributed by atoms with van der Waals surface area (Å²) in [6, 6.07) is 6.66. The number of nitrogens with one attached hydrogen (secondary N) is 2. The number of rotatable bonds is 10. The van der Waals surface area contributed by atoms with Gasteiger partial charge in [0.15, 0.2) is 4.77 Å². The second kappa shape index (κ2) is 11.8. The van der Waals surface area contributed by atoms with Gasteiger partial charge in [0.1, 0.15) is 24.1 Å². The van der Waals surface area contributed by atoms with Crippen LogP contribution in [0.4, 0.5) is 0 Å². The molecule has 6 atom stereocenters. The monoisotopic (exact) mass is 543 g/mol. The molecule has 0 bridgehead atoms. The summed E-state index contributed by atoms with van der Waals surface area (Å²) < 4.78 is 54.3. The SMILES string of the molecule is [2H]C([2H])(O[P@@](=O)(N[C@@H](C)C(=O)OC(C)C)Oc1ccccc1)[C@@H]1O[C@H](n2cc(C)c(=O)[nH]c2=S)[C@H](C)C1O. The maximum absolute atomic E-state index is 13.8. The molecule has 1 unspecified atom stereocenters. The molecule has 198 valence electrons. The average Bonchev–Trinajstić information content (AvgIpc) is 3.11. The quantitative estimate of drug-likeness (QED) is 0.232. The van der Waals surface area contributed by atoms with Crippen molar-refractivity contribution < 1.29 is 35.7 Å².